The fourth-order valence-electron chi connectivity index (χ4n) is 0.839. The van der Waals surface area contributed by atoms with Crippen LogP contribution in [-0.2, 0) is 4.79 Å². The smallest absolute Gasteiger partial charge is 0.219 e. The van der Waals surface area contributed by atoms with Crippen LogP contribution in [0.4, 0.5) is 5.69 Å². The van der Waals surface area contributed by atoms with Gasteiger partial charge in [0.1, 0.15) is 0 Å². The normalized spacial score (nSPS) is 9.62. The van der Waals surface area contributed by atoms with E-state index in [9.17, 15) is 4.79 Å². The van der Waals surface area contributed by atoms with Gasteiger partial charge >= 0.3 is 0 Å². The first kappa shape index (κ1) is 9.98. The molecule has 70 valence electrons. The number of pyridine rings is 1. The highest BCUT2D eigenvalue weighted by molar-refractivity contribution is 9.10. The predicted octanol–water partition coefficient (Wildman–Crippen LogP) is 1.13. The molecule has 0 aliphatic carbocycles. The van der Waals surface area contributed by atoms with Crippen molar-refractivity contribution in [2.75, 3.05) is 11.9 Å². The van der Waals surface area contributed by atoms with Crippen molar-refractivity contribution in [2.24, 2.45) is 5.73 Å². The van der Waals surface area contributed by atoms with Crippen molar-refractivity contribution in [3.8, 4) is 0 Å². The number of anilines is 1. The molecule has 0 bridgehead atoms. The van der Waals surface area contributed by atoms with Crippen LogP contribution in [0.2, 0.25) is 0 Å². The quantitative estimate of drug-likeness (QED) is 0.834. The number of rotatable bonds is 4. The van der Waals surface area contributed by atoms with Gasteiger partial charge in [0.2, 0.25) is 5.91 Å². The molecule has 1 rings (SSSR count). The fourth-order valence-corrected chi connectivity index (χ4v) is 1.20. The summed E-state index contributed by atoms with van der Waals surface area (Å²) in [7, 11) is 0. The molecular formula is C8H10BrN3O. The zero-order valence-corrected chi connectivity index (χ0v) is 8.54. The van der Waals surface area contributed by atoms with E-state index in [2.05, 4.69) is 26.2 Å². The Morgan fingerprint density at radius 3 is 3.00 bits per heavy atom. The van der Waals surface area contributed by atoms with Gasteiger partial charge in [-0.25, -0.2) is 0 Å². The van der Waals surface area contributed by atoms with Gasteiger partial charge in [-0.3, -0.25) is 9.78 Å². The molecule has 3 N–H and O–H groups in total. The van der Waals surface area contributed by atoms with E-state index >= 15 is 0 Å². The molecule has 1 aromatic rings. The molecule has 4 nitrogen and oxygen atoms in total. The number of nitrogens with zero attached hydrogens (tertiary/aromatic N) is 1. The molecule has 0 spiro atoms. The Hall–Kier alpha value is -1.10. The molecule has 0 unspecified atom stereocenters. The lowest BCUT2D eigenvalue weighted by Gasteiger charge is -2.03. The Morgan fingerprint density at radius 2 is 2.38 bits per heavy atom. The molecule has 1 heterocycles. The van der Waals surface area contributed by atoms with Crippen LogP contribution < -0.4 is 11.1 Å². The second-order valence-electron chi connectivity index (χ2n) is 2.53. The number of nitrogens with two attached hydrogens (primary N) is 1. The van der Waals surface area contributed by atoms with Crippen LogP contribution in [0.25, 0.3) is 0 Å². The molecule has 0 aliphatic heterocycles. The van der Waals surface area contributed by atoms with E-state index in [0.717, 1.165) is 10.2 Å². The van der Waals surface area contributed by atoms with Gasteiger partial charge in [0.15, 0.2) is 0 Å². The van der Waals surface area contributed by atoms with E-state index in [1.165, 1.54) is 0 Å². The first-order valence-corrected chi connectivity index (χ1v) is 4.60. The maximum absolute atomic E-state index is 10.4. The van der Waals surface area contributed by atoms with Gasteiger partial charge in [-0.2, -0.15) is 0 Å². The highest BCUT2D eigenvalue weighted by Gasteiger charge is 1.95. The van der Waals surface area contributed by atoms with Crippen molar-refractivity contribution in [1.82, 2.24) is 4.98 Å². The lowest BCUT2D eigenvalue weighted by atomic mass is 10.3. The predicted molar refractivity (Wildman–Crippen MR) is 54.2 cm³/mol. The van der Waals surface area contributed by atoms with Crippen LogP contribution in [0.1, 0.15) is 6.42 Å². The summed E-state index contributed by atoms with van der Waals surface area (Å²) in [4.78, 5) is 14.4. The fraction of sp³-hybridized carbons (Fsp3) is 0.250. The van der Waals surface area contributed by atoms with Crippen molar-refractivity contribution >= 4 is 27.5 Å². The SMILES string of the molecule is NC(=O)CCNc1cncc(Br)c1. The third-order valence-corrected chi connectivity index (χ3v) is 1.84. The minimum absolute atomic E-state index is 0.310. The van der Waals surface area contributed by atoms with Gasteiger partial charge in [-0.05, 0) is 22.0 Å². The van der Waals surface area contributed by atoms with Crippen LogP contribution in [0, 0.1) is 0 Å². The van der Waals surface area contributed by atoms with Crippen molar-refractivity contribution in [3.05, 3.63) is 22.9 Å². The highest BCUT2D eigenvalue weighted by atomic mass is 79.9. The summed E-state index contributed by atoms with van der Waals surface area (Å²) >= 11 is 3.29. The first-order valence-electron chi connectivity index (χ1n) is 3.81. The van der Waals surface area contributed by atoms with Crippen LogP contribution in [0.15, 0.2) is 22.9 Å². The molecule has 5 heteroatoms. The van der Waals surface area contributed by atoms with Crippen LogP contribution in [0.3, 0.4) is 0 Å². The molecule has 0 saturated carbocycles. The number of halogens is 1. The lowest BCUT2D eigenvalue weighted by molar-refractivity contribution is -0.117. The molecule has 0 aromatic carbocycles. The third kappa shape index (κ3) is 3.89. The number of aromatic nitrogens is 1. The number of carbonyl (C=O) groups excluding carboxylic acids is 1. The molecule has 1 amide bonds. The molecule has 13 heavy (non-hydrogen) atoms. The van der Waals surface area contributed by atoms with E-state index < -0.39 is 0 Å². The highest BCUT2D eigenvalue weighted by Crippen LogP contribution is 2.13. The maximum atomic E-state index is 10.4. The van der Waals surface area contributed by atoms with Crippen molar-refractivity contribution in [3.63, 3.8) is 0 Å². The Morgan fingerprint density at radius 1 is 1.62 bits per heavy atom. The molecule has 0 aliphatic rings. The largest absolute Gasteiger partial charge is 0.383 e. The Bertz CT molecular complexity index is 303. The average molecular weight is 244 g/mol. The summed E-state index contributed by atoms with van der Waals surface area (Å²) in [6, 6.07) is 1.88. The molecule has 0 radical (unpaired) electrons. The summed E-state index contributed by atoms with van der Waals surface area (Å²) in [5.74, 6) is -0.310. The Balaban J connectivity index is 2.41. The number of hydrogen-bond acceptors (Lipinski definition) is 3. The first-order chi connectivity index (χ1) is 6.18. The van der Waals surface area contributed by atoms with Crippen LogP contribution in [0.5, 0.6) is 0 Å². The molecule has 1 aromatic heterocycles. The van der Waals surface area contributed by atoms with E-state index in [1.807, 2.05) is 6.07 Å². The average Bonchev–Trinajstić information content (AvgIpc) is 2.03. The zero-order chi connectivity index (χ0) is 9.68. The summed E-state index contributed by atoms with van der Waals surface area (Å²) in [5.41, 5.74) is 5.85. The molecule has 0 saturated heterocycles. The van der Waals surface area contributed by atoms with E-state index in [0.29, 0.717) is 13.0 Å². The van der Waals surface area contributed by atoms with Crippen molar-refractivity contribution < 1.29 is 4.79 Å². The van der Waals surface area contributed by atoms with Gasteiger partial charge in [-0.1, -0.05) is 0 Å². The standard InChI is InChI=1S/C8H10BrN3O/c9-6-3-7(5-11-4-6)12-2-1-8(10)13/h3-5,12H,1-2H2,(H2,10,13). The molecule has 0 fully saturated rings. The minimum atomic E-state index is -0.310. The summed E-state index contributed by atoms with van der Waals surface area (Å²) < 4.78 is 0.900. The van der Waals surface area contributed by atoms with E-state index in [4.69, 9.17) is 5.73 Å². The summed E-state index contributed by atoms with van der Waals surface area (Å²) in [6.45, 7) is 0.535. The third-order valence-electron chi connectivity index (χ3n) is 1.41. The number of nitrogens with one attached hydrogen (secondary N) is 1. The lowest BCUT2D eigenvalue weighted by Crippen LogP contribution is -2.15. The maximum Gasteiger partial charge on any atom is 0.219 e. The Kier molecular flexibility index (Phi) is 3.70. The van der Waals surface area contributed by atoms with Crippen LogP contribution in [-0.4, -0.2) is 17.4 Å². The molecular weight excluding hydrogens is 234 g/mol. The van der Waals surface area contributed by atoms with E-state index in [-0.39, 0.29) is 5.91 Å². The number of primary amides is 1. The second kappa shape index (κ2) is 4.81. The van der Waals surface area contributed by atoms with E-state index in [1.54, 1.807) is 12.4 Å². The van der Waals surface area contributed by atoms with Gasteiger partial charge < -0.3 is 11.1 Å². The van der Waals surface area contributed by atoms with Crippen LogP contribution >= 0.6 is 15.9 Å². The van der Waals surface area contributed by atoms with Gasteiger partial charge in [0, 0.05) is 23.6 Å². The minimum Gasteiger partial charge on any atom is -0.383 e. The zero-order valence-electron chi connectivity index (χ0n) is 6.96. The second-order valence-corrected chi connectivity index (χ2v) is 3.45. The van der Waals surface area contributed by atoms with Crippen molar-refractivity contribution in [2.45, 2.75) is 6.42 Å². The number of carbonyl (C=O) groups is 1. The van der Waals surface area contributed by atoms with Gasteiger partial charge in [0.05, 0.1) is 11.9 Å². The number of hydrogen-bond donors (Lipinski definition) is 2. The monoisotopic (exact) mass is 243 g/mol. The van der Waals surface area contributed by atoms with Gasteiger partial charge in [0.25, 0.3) is 0 Å². The van der Waals surface area contributed by atoms with Crippen molar-refractivity contribution in [1.29, 1.82) is 0 Å². The summed E-state index contributed by atoms with van der Waals surface area (Å²) in [6.07, 6.45) is 3.71. The topological polar surface area (TPSA) is 68.0 Å². The van der Waals surface area contributed by atoms with Gasteiger partial charge in [-0.15, -0.1) is 0 Å². The summed E-state index contributed by atoms with van der Waals surface area (Å²) in [5, 5.41) is 3.02. The molecule has 0 atom stereocenters. The number of amides is 1. The Labute approximate surface area is 84.7 Å².